The highest BCUT2D eigenvalue weighted by atomic mass is 35.5. The van der Waals surface area contributed by atoms with Crippen LogP contribution in [0.4, 0.5) is 5.69 Å². The first-order valence-electron chi connectivity index (χ1n) is 7.85. The van der Waals surface area contributed by atoms with Gasteiger partial charge < -0.3 is 10.6 Å². The molecule has 0 fully saturated rings. The van der Waals surface area contributed by atoms with Gasteiger partial charge in [-0.15, -0.1) is 0 Å². The van der Waals surface area contributed by atoms with Gasteiger partial charge in [-0.25, -0.2) is 0 Å². The Kier molecular flexibility index (Phi) is 6.94. The van der Waals surface area contributed by atoms with Crippen molar-refractivity contribution >= 4 is 46.4 Å². The molecule has 2 aromatic carbocycles. The highest BCUT2D eigenvalue weighted by Gasteiger charge is 2.16. The fourth-order valence-corrected chi connectivity index (χ4v) is 2.35. The molecule has 0 saturated carbocycles. The number of hydrogen-bond donors (Lipinski definition) is 4. The largest absolute Gasteiger partial charge is 0.340 e. The van der Waals surface area contributed by atoms with Gasteiger partial charge in [0.2, 0.25) is 0 Å². The minimum absolute atomic E-state index is 0.206. The van der Waals surface area contributed by atoms with Crippen LogP contribution in [0.3, 0.4) is 0 Å². The van der Waals surface area contributed by atoms with Gasteiger partial charge in [0.1, 0.15) is 6.04 Å². The molecule has 0 heterocycles. The molecule has 2 aromatic rings. The maximum absolute atomic E-state index is 12.2. The third kappa shape index (κ3) is 6.02. The number of halogens is 1. The van der Waals surface area contributed by atoms with Crippen molar-refractivity contribution in [3.63, 3.8) is 0 Å². The summed E-state index contributed by atoms with van der Waals surface area (Å²) < 4.78 is 0. The number of carbonyl (C=O) groups excluding carboxylic acids is 2. The number of nitrogens with one attached hydrogen (secondary N) is 4. The van der Waals surface area contributed by atoms with Gasteiger partial charge in [0, 0.05) is 16.3 Å². The number of carbonyl (C=O) groups is 2. The quantitative estimate of drug-likeness (QED) is 0.476. The van der Waals surface area contributed by atoms with Crippen molar-refractivity contribution in [1.82, 2.24) is 16.2 Å². The van der Waals surface area contributed by atoms with Gasteiger partial charge in [-0.3, -0.25) is 20.4 Å². The zero-order chi connectivity index (χ0) is 19.1. The van der Waals surface area contributed by atoms with E-state index in [2.05, 4.69) is 21.5 Å². The van der Waals surface area contributed by atoms with Crippen LogP contribution in [0, 0.1) is 6.92 Å². The zero-order valence-electron chi connectivity index (χ0n) is 14.3. The number of rotatable bonds is 4. The Morgan fingerprint density at radius 2 is 1.77 bits per heavy atom. The molecule has 4 N–H and O–H groups in total. The topological polar surface area (TPSA) is 82.3 Å². The number of aryl methyl sites for hydroxylation is 1. The van der Waals surface area contributed by atoms with E-state index in [0.717, 1.165) is 11.3 Å². The third-order valence-corrected chi connectivity index (χ3v) is 3.88. The second kappa shape index (κ2) is 9.17. The average molecular weight is 391 g/mol. The molecular weight excluding hydrogens is 372 g/mol. The molecule has 8 heteroatoms. The standard InChI is InChI=1S/C18H19ClN4O2S/c1-11-4-3-5-13(10-11)17(25)20-12(2)16(24)22-23-18(26)21-15-8-6-14(19)7-9-15/h3-10,12H,1-2H3,(H,20,25)(H,22,24)(H2,21,23,26)/t12-/m0/s1. The maximum Gasteiger partial charge on any atom is 0.260 e. The molecule has 2 rings (SSSR count). The zero-order valence-corrected chi connectivity index (χ0v) is 15.9. The Balaban J connectivity index is 1.80. The minimum Gasteiger partial charge on any atom is -0.340 e. The molecule has 0 saturated heterocycles. The molecule has 0 bridgehead atoms. The summed E-state index contributed by atoms with van der Waals surface area (Å²) in [6.45, 7) is 3.48. The van der Waals surface area contributed by atoms with E-state index < -0.39 is 11.9 Å². The molecule has 26 heavy (non-hydrogen) atoms. The van der Waals surface area contributed by atoms with E-state index >= 15 is 0 Å². The average Bonchev–Trinajstić information content (AvgIpc) is 2.61. The summed E-state index contributed by atoms with van der Waals surface area (Å²) in [7, 11) is 0. The number of thiocarbonyl (C=S) groups is 1. The lowest BCUT2D eigenvalue weighted by Gasteiger charge is -2.16. The predicted octanol–water partition coefficient (Wildman–Crippen LogP) is 2.78. The van der Waals surface area contributed by atoms with Gasteiger partial charge >= 0.3 is 0 Å². The first kappa shape index (κ1) is 19.7. The van der Waals surface area contributed by atoms with Crippen LogP contribution in [0.5, 0.6) is 0 Å². The van der Waals surface area contributed by atoms with E-state index in [-0.39, 0.29) is 11.0 Å². The second-order valence-electron chi connectivity index (χ2n) is 5.64. The Morgan fingerprint density at radius 1 is 1.08 bits per heavy atom. The molecule has 0 aliphatic rings. The van der Waals surface area contributed by atoms with Crippen LogP contribution in [-0.4, -0.2) is 23.0 Å². The van der Waals surface area contributed by atoms with Gasteiger partial charge in [-0.1, -0.05) is 29.3 Å². The van der Waals surface area contributed by atoms with Crippen LogP contribution >= 0.6 is 23.8 Å². The highest BCUT2D eigenvalue weighted by molar-refractivity contribution is 7.80. The Labute approximate surface area is 162 Å². The first-order valence-corrected chi connectivity index (χ1v) is 8.64. The summed E-state index contributed by atoms with van der Waals surface area (Å²) in [5.41, 5.74) is 7.22. The molecule has 0 aromatic heterocycles. The Bertz CT molecular complexity index is 811. The lowest BCUT2D eigenvalue weighted by molar-refractivity contribution is -0.123. The fourth-order valence-electron chi connectivity index (χ4n) is 2.05. The van der Waals surface area contributed by atoms with E-state index in [1.807, 2.05) is 13.0 Å². The number of anilines is 1. The van der Waals surface area contributed by atoms with Gasteiger partial charge in [0.05, 0.1) is 0 Å². The van der Waals surface area contributed by atoms with Gasteiger partial charge in [-0.05, 0) is 62.5 Å². The van der Waals surface area contributed by atoms with Gasteiger partial charge in [0.15, 0.2) is 5.11 Å². The van der Waals surface area contributed by atoms with Crippen molar-refractivity contribution in [3.05, 3.63) is 64.7 Å². The van der Waals surface area contributed by atoms with Crippen LogP contribution < -0.4 is 21.5 Å². The van der Waals surface area contributed by atoms with Crippen molar-refractivity contribution in [3.8, 4) is 0 Å². The Hall–Kier alpha value is -2.64. The monoisotopic (exact) mass is 390 g/mol. The molecule has 0 aliphatic heterocycles. The summed E-state index contributed by atoms with van der Waals surface area (Å²) in [5, 5.41) is 6.35. The van der Waals surface area contributed by atoms with E-state index in [1.54, 1.807) is 49.4 Å². The summed E-state index contributed by atoms with van der Waals surface area (Å²) in [6, 6.07) is 13.3. The fraction of sp³-hybridized carbons (Fsp3) is 0.167. The molecule has 0 aliphatic carbocycles. The molecule has 2 amide bonds. The van der Waals surface area contributed by atoms with Crippen molar-refractivity contribution in [2.24, 2.45) is 0 Å². The van der Waals surface area contributed by atoms with Crippen molar-refractivity contribution in [2.75, 3.05) is 5.32 Å². The summed E-state index contributed by atoms with van der Waals surface area (Å²) >= 11 is 10.9. The van der Waals surface area contributed by atoms with Crippen LogP contribution in [0.2, 0.25) is 5.02 Å². The van der Waals surface area contributed by atoms with E-state index in [4.69, 9.17) is 23.8 Å². The van der Waals surface area contributed by atoms with Gasteiger partial charge in [0.25, 0.3) is 11.8 Å². The number of hydrogen-bond acceptors (Lipinski definition) is 3. The molecule has 0 unspecified atom stereocenters. The van der Waals surface area contributed by atoms with Crippen molar-refractivity contribution in [1.29, 1.82) is 0 Å². The SMILES string of the molecule is Cc1cccc(C(=O)N[C@@H](C)C(=O)NNC(=S)Nc2ccc(Cl)cc2)c1. The Morgan fingerprint density at radius 3 is 2.42 bits per heavy atom. The summed E-state index contributed by atoms with van der Waals surface area (Å²) in [6.07, 6.45) is 0. The van der Waals surface area contributed by atoms with E-state index in [1.165, 1.54) is 0 Å². The molecule has 0 radical (unpaired) electrons. The summed E-state index contributed by atoms with van der Waals surface area (Å²) in [4.78, 5) is 24.2. The molecule has 6 nitrogen and oxygen atoms in total. The minimum atomic E-state index is -0.742. The first-order chi connectivity index (χ1) is 12.3. The summed E-state index contributed by atoms with van der Waals surface area (Å²) in [5.74, 6) is -0.746. The van der Waals surface area contributed by atoms with E-state index in [9.17, 15) is 9.59 Å². The highest BCUT2D eigenvalue weighted by Crippen LogP contribution is 2.13. The van der Waals surface area contributed by atoms with Crippen molar-refractivity contribution < 1.29 is 9.59 Å². The normalized spacial score (nSPS) is 11.2. The smallest absolute Gasteiger partial charge is 0.260 e. The van der Waals surface area contributed by atoms with Crippen LogP contribution in [0.25, 0.3) is 0 Å². The second-order valence-corrected chi connectivity index (χ2v) is 6.48. The lowest BCUT2D eigenvalue weighted by atomic mass is 10.1. The number of amides is 2. The molecule has 136 valence electrons. The van der Waals surface area contributed by atoms with Crippen LogP contribution in [0.15, 0.2) is 48.5 Å². The predicted molar refractivity (Wildman–Crippen MR) is 107 cm³/mol. The number of benzene rings is 2. The maximum atomic E-state index is 12.2. The number of hydrazine groups is 1. The van der Waals surface area contributed by atoms with Crippen LogP contribution in [-0.2, 0) is 4.79 Å². The molecule has 1 atom stereocenters. The van der Waals surface area contributed by atoms with E-state index in [0.29, 0.717) is 10.6 Å². The van der Waals surface area contributed by atoms with Crippen molar-refractivity contribution in [2.45, 2.75) is 19.9 Å². The molecular formula is C18H19ClN4O2S. The lowest BCUT2D eigenvalue weighted by Crippen LogP contribution is -2.51. The third-order valence-electron chi connectivity index (χ3n) is 3.42. The van der Waals surface area contributed by atoms with Gasteiger partial charge in [-0.2, -0.15) is 0 Å². The molecule has 0 spiro atoms. The van der Waals surface area contributed by atoms with Crippen LogP contribution in [0.1, 0.15) is 22.8 Å².